The van der Waals surface area contributed by atoms with Gasteiger partial charge in [-0.25, -0.2) is 4.98 Å². The molecule has 74 valence electrons. The van der Waals surface area contributed by atoms with Crippen molar-refractivity contribution < 1.29 is 4.79 Å². The van der Waals surface area contributed by atoms with E-state index < -0.39 is 0 Å². The summed E-state index contributed by atoms with van der Waals surface area (Å²) in [5.74, 6) is 0.0209. The van der Waals surface area contributed by atoms with Crippen molar-refractivity contribution in [3.63, 3.8) is 0 Å². The highest BCUT2D eigenvalue weighted by Gasteiger charge is 2.25. The summed E-state index contributed by atoms with van der Waals surface area (Å²) in [6, 6.07) is 0.376. The summed E-state index contributed by atoms with van der Waals surface area (Å²) in [6.45, 7) is 5.06. The van der Waals surface area contributed by atoms with Gasteiger partial charge in [-0.1, -0.05) is 6.58 Å². The first-order chi connectivity index (χ1) is 6.81. The summed E-state index contributed by atoms with van der Waals surface area (Å²) in [5.41, 5.74) is 0. The van der Waals surface area contributed by atoms with Gasteiger partial charge in [-0.05, 0) is 12.5 Å². The maximum Gasteiger partial charge on any atom is 0.246 e. The Kier molecular flexibility index (Phi) is 2.35. The lowest BCUT2D eigenvalue weighted by atomic mass is 10.3. The highest BCUT2D eigenvalue weighted by molar-refractivity contribution is 5.87. The molecule has 2 heterocycles. The van der Waals surface area contributed by atoms with Crippen molar-refractivity contribution in [1.82, 2.24) is 14.5 Å². The Morgan fingerprint density at radius 3 is 3.14 bits per heavy atom. The first-order valence-electron chi connectivity index (χ1n) is 4.70. The van der Waals surface area contributed by atoms with Crippen LogP contribution in [0.4, 0.5) is 0 Å². The maximum absolute atomic E-state index is 11.3. The summed E-state index contributed by atoms with van der Waals surface area (Å²) in [6.07, 6.45) is 7.86. The fourth-order valence-corrected chi connectivity index (χ4v) is 1.80. The number of hydrogen-bond acceptors (Lipinski definition) is 2. The Labute approximate surface area is 82.9 Å². The zero-order valence-electron chi connectivity index (χ0n) is 7.97. The molecule has 4 heteroatoms. The van der Waals surface area contributed by atoms with Crippen LogP contribution in [0, 0.1) is 0 Å². The molecule has 0 aromatic carbocycles. The van der Waals surface area contributed by atoms with Gasteiger partial charge < -0.3 is 9.47 Å². The zero-order chi connectivity index (χ0) is 9.97. The molecule has 1 aliphatic heterocycles. The first kappa shape index (κ1) is 8.99. The molecule has 0 spiro atoms. The van der Waals surface area contributed by atoms with Crippen LogP contribution in [0.1, 0.15) is 12.5 Å². The number of rotatable bonds is 2. The molecule has 1 saturated heterocycles. The van der Waals surface area contributed by atoms with Crippen molar-refractivity contribution in [2.24, 2.45) is 0 Å². The largest absolute Gasteiger partial charge is 0.337 e. The van der Waals surface area contributed by atoms with Gasteiger partial charge in [0, 0.05) is 25.5 Å². The minimum atomic E-state index is 0.0209. The number of hydrogen-bond donors (Lipinski definition) is 0. The smallest absolute Gasteiger partial charge is 0.246 e. The third-order valence-corrected chi connectivity index (χ3v) is 2.60. The van der Waals surface area contributed by atoms with Gasteiger partial charge >= 0.3 is 0 Å². The number of nitrogens with zero attached hydrogens (tertiary/aromatic N) is 3. The van der Waals surface area contributed by atoms with E-state index in [1.165, 1.54) is 6.08 Å². The van der Waals surface area contributed by atoms with Gasteiger partial charge in [0.15, 0.2) is 0 Å². The van der Waals surface area contributed by atoms with E-state index in [0.717, 1.165) is 19.5 Å². The Balaban J connectivity index is 2.02. The van der Waals surface area contributed by atoms with E-state index >= 15 is 0 Å². The van der Waals surface area contributed by atoms with Crippen molar-refractivity contribution in [3.8, 4) is 0 Å². The number of likely N-dealkylation sites (tertiary alicyclic amines) is 1. The van der Waals surface area contributed by atoms with Gasteiger partial charge in [0.2, 0.25) is 5.91 Å². The summed E-state index contributed by atoms with van der Waals surface area (Å²) in [7, 11) is 0. The van der Waals surface area contributed by atoms with Crippen molar-refractivity contribution in [3.05, 3.63) is 31.4 Å². The van der Waals surface area contributed by atoms with Crippen LogP contribution in [0.5, 0.6) is 0 Å². The first-order valence-corrected chi connectivity index (χ1v) is 4.70. The molecule has 1 amide bonds. The summed E-state index contributed by atoms with van der Waals surface area (Å²) < 4.78 is 2.05. The molecular formula is C10H13N3O. The lowest BCUT2D eigenvalue weighted by Crippen LogP contribution is -2.26. The van der Waals surface area contributed by atoms with E-state index in [1.807, 2.05) is 11.1 Å². The standard InChI is InChI=1S/C10H13N3O/c1-2-10(14)12-5-3-9(7-12)13-6-4-11-8-13/h2,4,6,8-9H,1,3,5,7H2. The molecule has 1 unspecified atom stereocenters. The quantitative estimate of drug-likeness (QED) is 0.650. The fraction of sp³-hybridized carbons (Fsp3) is 0.400. The second-order valence-electron chi connectivity index (χ2n) is 3.44. The third kappa shape index (κ3) is 1.55. The van der Waals surface area contributed by atoms with Crippen molar-refractivity contribution in [2.75, 3.05) is 13.1 Å². The predicted molar refractivity (Wildman–Crippen MR) is 52.7 cm³/mol. The fourth-order valence-electron chi connectivity index (χ4n) is 1.80. The number of imidazole rings is 1. The normalized spacial score (nSPS) is 21.1. The van der Waals surface area contributed by atoms with Crippen LogP contribution in [0.15, 0.2) is 31.4 Å². The van der Waals surface area contributed by atoms with Crippen LogP contribution in [-0.4, -0.2) is 33.4 Å². The van der Waals surface area contributed by atoms with E-state index in [4.69, 9.17) is 0 Å². The van der Waals surface area contributed by atoms with Gasteiger partial charge in [-0.15, -0.1) is 0 Å². The Hall–Kier alpha value is -1.58. The van der Waals surface area contributed by atoms with E-state index in [1.54, 1.807) is 12.5 Å². The number of amides is 1. The highest BCUT2D eigenvalue weighted by Crippen LogP contribution is 2.20. The lowest BCUT2D eigenvalue weighted by Gasteiger charge is -2.14. The summed E-state index contributed by atoms with van der Waals surface area (Å²) in [4.78, 5) is 17.1. The molecule has 1 aromatic heterocycles. The Bertz CT molecular complexity index is 331. The highest BCUT2D eigenvalue weighted by atomic mass is 16.2. The SMILES string of the molecule is C=CC(=O)N1CCC(n2ccnc2)C1. The predicted octanol–water partition coefficient (Wildman–Crippen LogP) is 0.842. The van der Waals surface area contributed by atoms with E-state index in [2.05, 4.69) is 16.1 Å². The van der Waals surface area contributed by atoms with Gasteiger partial charge in [0.1, 0.15) is 0 Å². The maximum atomic E-state index is 11.3. The summed E-state index contributed by atoms with van der Waals surface area (Å²) >= 11 is 0. The van der Waals surface area contributed by atoms with Crippen molar-refractivity contribution in [2.45, 2.75) is 12.5 Å². The average molecular weight is 191 g/mol. The molecule has 0 bridgehead atoms. The summed E-state index contributed by atoms with van der Waals surface area (Å²) in [5, 5.41) is 0. The molecule has 0 aliphatic carbocycles. The molecule has 0 saturated carbocycles. The molecule has 2 rings (SSSR count). The van der Waals surface area contributed by atoms with E-state index in [-0.39, 0.29) is 5.91 Å². The monoisotopic (exact) mass is 191 g/mol. The van der Waals surface area contributed by atoms with Crippen LogP contribution in [0.25, 0.3) is 0 Å². The molecule has 0 radical (unpaired) electrons. The molecule has 14 heavy (non-hydrogen) atoms. The number of aromatic nitrogens is 2. The van der Waals surface area contributed by atoms with Crippen LogP contribution >= 0.6 is 0 Å². The molecule has 1 fully saturated rings. The topological polar surface area (TPSA) is 38.1 Å². The van der Waals surface area contributed by atoms with E-state index in [9.17, 15) is 4.79 Å². The molecule has 0 N–H and O–H groups in total. The number of carbonyl (C=O) groups is 1. The van der Waals surface area contributed by atoms with Gasteiger partial charge in [0.05, 0.1) is 12.4 Å². The second-order valence-corrected chi connectivity index (χ2v) is 3.44. The lowest BCUT2D eigenvalue weighted by molar-refractivity contribution is -0.125. The Morgan fingerprint density at radius 2 is 2.50 bits per heavy atom. The number of carbonyl (C=O) groups excluding carboxylic acids is 1. The average Bonchev–Trinajstić information content (AvgIpc) is 2.86. The second kappa shape index (κ2) is 3.65. The van der Waals surface area contributed by atoms with Crippen LogP contribution in [0.2, 0.25) is 0 Å². The molecule has 4 nitrogen and oxygen atoms in total. The molecule has 1 aromatic rings. The Morgan fingerprint density at radius 1 is 1.64 bits per heavy atom. The van der Waals surface area contributed by atoms with Gasteiger partial charge in [0.25, 0.3) is 0 Å². The van der Waals surface area contributed by atoms with Crippen molar-refractivity contribution in [1.29, 1.82) is 0 Å². The minimum absolute atomic E-state index is 0.0209. The molecule has 1 aliphatic rings. The zero-order valence-corrected chi connectivity index (χ0v) is 7.97. The minimum Gasteiger partial charge on any atom is -0.337 e. The molecule has 1 atom stereocenters. The molecular weight excluding hydrogens is 178 g/mol. The van der Waals surface area contributed by atoms with Crippen LogP contribution in [-0.2, 0) is 4.79 Å². The van der Waals surface area contributed by atoms with Gasteiger partial charge in [-0.2, -0.15) is 0 Å². The van der Waals surface area contributed by atoms with Crippen LogP contribution < -0.4 is 0 Å². The van der Waals surface area contributed by atoms with E-state index in [0.29, 0.717) is 6.04 Å². The van der Waals surface area contributed by atoms with Crippen LogP contribution in [0.3, 0.4) is 0 Å². The third-order valence-electron chi connectivity index (χ3n) is 2.60. The van der Waals surface area contributed by atoms with Gasteiger partial charge in [-0.3, -0.25) is 4.79 Å². The van der Waals surface area contributed by atoms with Crippen molar-refractivity contribution >= 4 is 5.91 Å².